The fourth-order valence-corrected chi connectivity index (χ4v) is 6.55. The summed E-state index contributed by atoms with van der Waals surface area (Å²) in [5.74, 6) is 0.292. The standard InChI is InChI=1S/C18H19FN2O3S2/c19-15-6-2-1-4-12(15)10-25-17-14-5-3-7-16(14)21(18(22)20-17)13-8-9-26(23,24)11-13/h1-2,4,6,13H,3,5,7-11H2. The first-order valence-corrected chi connectivity index (χ1v) is 11.5. The van der Waals surface area contributed by atoms with Crippen LogP contribution in [-0.2, 0) is 28.4 Å². The predicted octanol–water partition coefficient (Wildman–Crippen LogP) is 2.52. The lowest BCUT2D eigenvalue weighted by molar-refractivity contribution is 0.502. The molecule has 0 N–H and O–H groups in total. The highest BCUT2D eigenvalue weighted by Gasteiger charge is 2.33. The van der Waals surface area contributed by atoms with E-state index in [0.717, 1.165) is 30.5 Å². The summed E-state index contributed by atoms with van der Waals surface area (Å²) in [5, 5.41) is 0.655. The number of hydrogen-bond donors (Lipinski definition) is 0. The summed E-state index contributed by atoms with van der Waals surface area (Å²) in [6.45, 7) is 0. The summed E-state index contributed by atoms with van der Waals surface area (Å²) in [6, 6.07) is 6.28. The van der Waals surface area contributed by atoms with Crippen LogP contribution >= 0.6 is 11.8 Å². The second-order valence-corrected chi connectivity index (χ2v) is 9.98. The van der Waals surface area contributed by atoms with E-state index in [2.05, 4.69) is 4.98 Å². The lowest BCUT2D eigenvalue weighted by atomic mass is 10.2. The average molecular weight is 394 g/mol. The van der Waals surface area contributed by atoms with Crippen molar-refractivity contribution in [1.82, 2.24) is 9.55 Å². The number of aromatic nitrogens is 2. The van der Waals surface area contributed by atoms with Crippen molar-refractivity contribution in [1.29, 1.82) is 0 Å². The van der Waals surface area contributed by atoms with Gasteiger partial charge in [-0.25, -0.2) is 17.6 Å². The van der Waals surface area contributed by atoms with E-state index in [-0.39, 0.29) is 29.1 Å². The van der Waals surface area contributed by atoms with E-state index in [4.69, 9.17) is 0 Å². The Morgan fingerprint density at radius 3 is 2.81 bits per heavy atom. The van der Waals surface area contributed by atoms with Crippen LogP contribution in [0.3, 0.4) is 0 Å². The number of halogens is 1. The number of hydrogen-bond acceptors (Lipinski definition) is 5. The topological polar surface area (TPSA) is 69.0 Å². The summed E-state index contributed by atoms with van der Waals surface area (Å²) in [6.07, 6.45) is 2.98. The maximum absolute atomic E-state index is 13.8. The Morgan fingerprint density at radius 2 is 2.08 bits per heavy atom. The Kier molecular flexibility index (Phi) is 4.64. The van der Waals surface area contributed by atoms with Gasteiger partial charge in [-0.05, 0) is 37.3 Å². The molecule has 1 aromatic carbocycles. The van der Waals surface area contributed by atoms with Gasteiger partial charge < -0.3 is 0 Å². The van der Waals surface area contributed by atoms with E-state index in [1.807, 2.05) is 0 Å². The Labute approximate surface area is 155 Å². The molecule has 2 aliphatic rings. The van der Waals surface area contributed by atoms with E-state index in [1.54, 1.807) is 22.8 Å². The minimum Gasteiger partial charge on any atom is -0.292 e. The zero-order chi connectivity index (χ0) is 18.3. The molecule has 26 heavy (non-hydrogen) atoms. The van der Waals surface area contributed by atoms with Crippen molar-refractivity contribution in [3.05, 3.63) is 57.4 Å². The molecule has 1 saturated heterocycles. The van der Waals surface area contributed by atoms with Gasteiger partial charge in [0.2, 0.25) is 0 Å². The minimum atomic E-state index is -3.07. The van der Waals surface area contributed by atoms with Gasteiger partial charge in [-0.2, -0.15) is 4.98 Å². The zero-order valence-corrected chi connectivity index (χ0v) is 15.8. The van der Waals surface area contributed by atoms with Gasteiger partial charge in [0.25, 0.3) is 0 Å². The fourth-order valence-electron chi connectivity index (χ4n) is 3.78. The molecule has 0 radical (unpaired) electrons. The molecule has 0 bridgehead atoms. The molecular formula is C18H19FN2O3S2. The lowest BCUT2D eigenvalue weighted by Gasteiger charge is -2.18. The molecule has 5 nitrogen and oxygen atoms in total. The quantitative estimate of drug-likeness (QED) is 0.589. The minimum absolute atomic E-state index is 0.0166. The Hall–Kier alpha value is -1.67. The highest BCUT2D eigenvalue weighted by molar-refractivity contribution is 7.98. The van der Waals surface area contributed by atoms with Crippen LogP contribution in [0.15, 0.2) is 34.1 Å². The SMILES string of the molecule is O=c1nc(SCc2ccccc2F)c2c(n1C1CCS(=O)(=O)C1)CCC2. The van der Waals surface area contributed by atoms with Crippen LogP contribution < -0.4 is 5.69 Å². The van der Waals surface area contributed by atoms with Crippen molar-refractivity contribution < 1.29 is 12.8 Å². The zero-order valence-electron chi connectivity index (χ0n) is 14.2. The van der Waals surface area contributed by atoms with Crippen molar-refractivity contribution in [2.75, 3.05) is 11.5 Å². The highest BCUT2D eigenvalue weighted by atomic mass is 32.2. The number of thioether (sulfide) groups is 1. The van der Waals surface area contributed by atoms with Crippen molar-refractivity contribution >= 4 is 21.6 Å². The number of sulfone groups is 1. The van der Waals surface area contributed by atoms with Crippen molar-refractivity contribution in [3.8, 4) is 0 Å². The van der Waals surface area contributed by atoms with Crippen LogP contribution in [0.2, 0.25) is 0 Å². The molecule has 0 spiro atoms. The maximum atomic E-state index is 13.8. The fraction of sp³-hybridized carbons (Fsp3) is 0.444. The lowest BCUT2D eigenvalue weighted by Crippen LogP contribution is -2.31. The molecule has 0 saturated carbocycles. The second kappa shape index (κ2) is 6.81. The van der Waals surface area contributed by atoms with Crippen LogP contribution in [0.25, 0.3) is 0 Å². The third kappa shape index (κ3) is 3.32. The van der Waals surface area contributed by atoms with Gasteiger partial charge in [-0.15, -0.1) is 11.8 Å². The molecule has 1 aliphatic heterocycles. The van der Waals surface area contributed by atoms with Crippen molar-refractivity contribution in [3.63, 3.8) is 0 Å². The normalized spacial score (nSPS) is 21.0. The first-order chi connectivity index (χ1) is 12.4. The van der Waals surface area contributed by atoms with Gasteiger partial charge >= 0.3 is 5.69 Å². The summed E-state index contributed by atoms with van der Waals surface area (Å²) >= 11 is 1.38. The van der Waals surface area contributed by atoms with Crippen molar-refractivity contribution in [2.45, 2.75) is 42.5 Å². The van der Waals surface area contributed by atoms with Crippen LogP contribution in [0.5, 0.6) is 0 Å². The summed E-state index contributed by atoms with van der Waals surface area (Å²) in [4.78, 5) is 16.9. The van der Waals surface area contributed by atoms with Gasteiger partial charge in [0.05, 0.1) is 17.5 Å². The molecular weight excluding hydrogens is 375 g/mol. The molecule has 1 fully saturated rings. The smallest absolute Gasteiger partial charge is 0.292 e. The van der Waals surface area contributed by atoms with Crippen LogP contribution in [0, 0.1) is 5.82 Å². The molecule has 1 unspecified atom stereocenters. The number of rotatable bonds is 4. The van der Waals surface area contributed by atoms with Gasteiger partial charge in [0, 0.05) is 17.0 Å². The molecule has 8 heteroatoms. The third-order valence-corrected chi connectivity index (χ3v) is 7.85. The molecule has 1 atom stereocenters. The van der Waals surface area contributed by atoms with E-state index in [0.29, 0.717) is 22.8 Å². The first-order valence-electron chi connectivity index (χ1n) is 8.65. The number of fused-ring (bicyclic) bond motifs is 1. The van der Waals surface area contributed by atoms with Gasteiger partial charge in [-0.1, -0.05) is 18.2 Å². The Morgan fingerprint density at radius 1 is 1.27 bits per heavy atom. The van der Waals surface area contributed by atoms with E-state index in [1.165, 1.54) is 17.8 Å². The maximum Gasteiger partial charge on any atom is 0.349 e. The highest BCUT2D eigenvalue weighted by Crippen LogP contribution is 2.34. The molecule has 0 amide bonds. The molecule has 2 aromatic rings. The average Bonchev–Trinajstić information content (AvgIpc) is 3.20. The molecule has 2 heterocycles. The van der Waals surface area contributed by atoms with Crippen LogP contribution in [-0.4, -0.2) is 29.5 Å². The van der Waals surface area contributed by atoms with Crippen LogP contribution in [0.4, 0.5) is 4.39 Å². The van der Waals surface area contributed by atoms with E-state index in [9.17, 15) is 17.6 Å². The van der Waals surface area contributed by atoms with Gasteiger partial charge in [0.1, 0.15) is 10.8 Å². The second-order valence-electron chi connectivity index (χ2n) is 6.79. The summed E-state index contributed by atoms with van der Waals surface area (Å²) in [7, 11) is -3.07. The third-order valence-electron chi connectivity index (χ3n) is 5.04. The summed E-state index contributed by atoms with van der Waals surface area (Å²) in [5.41, 5.74) is 2.14. The van der Waals surface area contributed by atoms with E-state index >= 15 is 0 Å². The molecule has 138 valence electrons. The van der Waals surface area contributed by atoms with Crippen molar-refractivity contribution in [2.24, 2.45) is 0 Å². The molecule has 1 aliphatic carbocycles. The summed E-state index contributed by atoms with van der Waals surface area (Å²) < 4.78 is 39.1. The van der Waals surface area contributed by atoms with Gasteiger partial charge in [-0.3, -0.25) is 4.57 Å². The number of nitrogens with zero attached hydrogens (tertiary/aromatic N) is 2. The molecule has 4 rings (SSSR count). The van der Waals surface area contributed by atoms with Crippen LogP contribution in [0.1, 0.15) is 35.7 Å². The monoisotopic (exact) mass is 394 g/mol. The predicted molar refractivity (Wildman–Crippen MR) is 98.8 cm³/mol. The first kappa shape index (κ1) is 17.7. The number of benzene rings is 1. The Bertz CT molecular complexity index is 1020. The largest absolute Gasteiger partial charge is 0.349 e. The van der Waals surface area contributed by atoms with Gasteiger partial charge in [0.15, 0.2) is 9.84 Å². The molecule has 1 aromatic heterocycles. The van der Waals surface area contributed by atoms with E-state index < -0.39 is 9.84 Å². The Balaban J connectivity index is 1.66.